The van der Waals surface area contributed by atoms with Gasteiger partial charge in [0.1, 0.15) is 4.83 Å². The molecule has 1 amide bonds. The second-order valence-electron chi connectivity index (χ2n) is 7.83. The van der Waals surface area contributed by atoms with Crippen molar-refractivity contribution in [1.29, 1.82) is 0 Å². The fraction of sp³-hybridized carbons (Fsp3) is 0.286. The van der Waals surface area contributed by atoms with E-state index >= 15 is 0 Å². The van der Waals surface area contributed by atoms with Crippen molar-refractivity contribution < 1.29 is 9.90 Å². The molecule has 10 heteroatoms. The molecule has 158 valence electrons. The zero-order chi connectivity index (χ0) is 21.1. The lowest BCUT2D eigenvalue weighted by Crippen LogP contribution is -2.45. The highest BCUT2D eigenvalue weighted by atomic mass is 32.1. The molecule has 1 unspecified atom stereocenters. The Balaban J connectivity index is 1.57. The number of aromatic nitrogens is 3. The van der Waals surface area contributed by atoms with E-state index in [-0.39, 0.29) is 5.91 Å². The molecule has 0 spiro atoms. The number of nitrogens with one attached hydrogen (secondary N) is 2. The first-order chi connectivity index (χ1) is 15.1. The molecule has 1 atom stereocenters. The molecule has 3 N–H and O–H groups in total. The van der Waals surface area contributed by atoms with E-state index in [2.05, 4.69) is 27.1 Å². The number of nitrogens with zero attached hydrogens (tertiary/aromatic N) is 4. The normalized spacial score (nSPS) is 20.4. The maximum absolute atomic E-state index is 12.9. The van der Waals surface area contributed by atoms with Gasteiger partial charge in [0.25, 0.3) is 5.91 Å². The number of rotatable bonds is 3. The van der Waals surface area contributed by atoms with Crippen molar-refractivity contribution in [3.05, 3.63) is 40.3 Å². The van der Waals surface area contributed by atoms with Crippen LogP contribution in [0.5, 0.6) is 0 Å². The van der Waals surface area contributed by atoms with Crippen molar-refractivity contribution in [3.8, 4) is 0 Å². The lowest BCUT2D eigenvalue weighted by Gasteiger charge is -2.32. The van der Waals surface area contributed by atoms with Crippen molar-refractivity contribution in [3.63, 3.8) is 0 Å². The molecule has 0 radical (unpaired) electrons. The minimum Gasteiger partial charge on any atom is -0.369 e. The topological polar surface area (TPSA) is 97.4 Å². The molecule has 6 heterocycles. The van der Waals surface area contributed by atoms with Gasteiger partial charge in [0.15, 0.2) is 6.23 Å². The lowest BCUT2D eigenvalue weighted by atomic mass is 9.99. The second kappa shape index (κ2) is 7.13. The summed E-state index contributed by atoms with van der Waals surface area (Å²) in [6.07, 6.45) is 0.717. The van der Waals surface area contributed by atoms with Gasteiger partial charge in [-0.25, -0.2) is 9.97 Å². The zero-order valence-corrected chi connectivity index (χ0v) is 18.4. The van der Waals surface area contributed by atoms with E-state index in [4.69, 9.17) is 9.97 Å². The average molecular weight is 453 g/mol. The molecule has 2 aliphatic heterocycles. The summed E-state index contributed by atoms with van der Waals surface area (Å²) < 4.78 is 0.873. The van der Waals surface area contributed by atoms with Crippen molar-refractivity contribution in [1.82, 2.24) is 25.2 Å². The van der Waals surface area contributed by atoms with Crippen molar-refractivity contribution in [2.24, 2.45) is 0 Å². The number of aliphatic hydroxyl groups is 1. The number of carbonyl (C=O) groups is 1. The van der Waals surface area contributed by atoms with Gasteiger partial charge in [-0.1, -0.05) is 0 Å². The molecule has 2 aliphatic rings. The molecular formula is C21H20N6O2S2. The first-order valence-electron chi connectivity index (χ1n) is 10.1. The van der Waals surface area contributed by atoms with E-state index in [9.17, 15) is 9.90 Å². The summed E-state index contributed by atoms with van der Waals surface area (Å²) in [6, 6.07) is 3.96. The summed E-state index contributed by atoms with van der Waals surface area (Å²) in [5.74, 6) is 0.348. The van der Waals surface area contributed by atoms with Crippen molar-refractivity contribution >= 4 is 66.1 Å². The Morgan fingerprint density at radius 3 is 2.77 bits per heavy atom. The zero-order valence-electron chi connectivity index (χ0n) is 16.8. The number of amides is 1. The molecule has 0 bridgehead atoms. The second-order valence-corrected chi connectivity index (χ2v) is 9.66. The predicted molar refractivity (Wildman–Crippen MR) is 124 cm³/mol. The Hall–Kier alpha value is -2.79. The number of H-pyrrole nitrogens is 1. The fourth-order valence-corrected chi connectivity index (χ4v) is 5.89. The monoisotopic (exact) mass is 452 g/mol. The number of hydrogen-bond donors (Lipinski definition) is 3. The van der Waals surface area contributed by atoms with E-state index in [0.717, 1.165) is 52.2 Å². The fourth-order valence-electron chi connectivity index (χ4n) is 4.28. The van der Waals surface area contributed by atoms with Crippen LogP contribution in [0, 0.1) is 0 Å². The lowest BCUT2D eigenvalue weighted by molar-refractivity contribution is -0.116. The van der Waals surface area contributed by atoms with E-state index in [1.54, 1.807) is 11.3 Å². The Kier molecular flexibility index (Phi) is 4.35. The van der Waals surface area contributed by atoms with Crippen LogP contribution in [0.15, 0.2) is 29.1 Å². The van der Waals surface area contributed by atoms with Crippen molar-refractivity contribution in [2.45, 2.75) is 6.23 Å². The van der Waals surface area contributed by atoms with Gasteiger partial charge >= 0.3 is 0 Å². The quantitative estimate of drug-likeness (QED) is 0.442. The third kappa shape index (κ3) is 2.98. The van der Waals surface area contributed by atoms with E-state index in [1.807, 2.05) is 29.1 Å². The minimum absolute atomic E-state index is 0.293. The predicted octanol–water partition coefficient (Wildman–Crippen LogP) is 2.34. The SMILES string of the molecule is CN1CCN(c2nc(C3=C(c4c[nH]c5sccc45)C(=O)NC3O)c3sccc3n2)CC1. The number of likely N-dealkylation sites (N-methyl/N-ethyl adjacent to an activating group) is 1. The van der Waals surface area contributed by atoms with Gasteiger partial charge in [-0.2, -0.15) is 0 Å². The average Bonchev–Trinajstić information content (AvgIpc) is 3.52. The third-order valence-electron chi connectivity index (χ3n) is 5.94. The van der Waals surface area contributed by atoms with Gasteiger partial charge in [0, 0.05) is 48.9 Å². The molecule has 0 aromatic carbocycles. The van der Waals surface area contributed by atoms with Crippen LogP contribution >= 0.6 is 22.7 Å². The first kappa shape index (κ1) is 18.9. The van der Waals surface area contributed by atoms with E-state index in [0.29, 0.717) is 22.8 Å². The van der Waals surface area contributed by atoms with Crippen LogP contribution in [0.25, 0.3) is 31.6 Å². The van der Waals surface area contributed by atoms with Crippen LogP contribution in [-0.2, 0) is 4.79 Å². The Bertz CT molecular complexity index is 1340. The molecule has 8 nitrogen and oxygen atoms in total. The molecule has 1 fully saturated rings. The highest BCUT2D eigenvalue weighted by molar-refractivity contribution is 7.17. The molecular weight excluding hydrogens is 432 g/mol. The van der Waals surface area contributed by atoms with Crippen LogP contribution in [0.1, 0.15) is 11.3 Å². The molecule has 0 aliphatic carbocycles. The van der Waals surface area contributed by atoms with Gasteiger partial charge in [-0.3, -0.25) is 4.79 Å². The molecule has 4 aromatic heterocycles. The summed E-state index contributed by atoms with van der Waals surface area (Å²) >= 11 is 3.11. The van der Waals surface area contributed by atoms with E-state index in [1.165, 1.54) is 11.3 Å². The molecule has 6 rings (SSSR count). The Morgan fingerprint density at radius 1 is 1.13 bits per heavy atom. The van der Waals surface area contributed by atoms with Crippen LogP contribution < -0.4 is 10.2 Å². The minimum atomic E-state index is -1.12. The Labute approximate surface area is 185 Å². The first-order valence-corrected chi connectivity index (χ1v) is 11.8. The van der Waals surface area contributed by atoms with Gasteiger partial charge in [0.2, 0.25) is 5.95 Å². The largest absolute Gasteiger partial charge is 0.369 e. The highest BCUT2D eigenvalue weighted by Crippen LogP contribution is 2.40. The summed E-state index contributed by atoms with van der Waals surface area (Å²) in [6.45, 7) is 3.56. The number of aliphatic hydroxyl groups excluding tert-OH is 1. The standard InChI is InChI=1S/C21H20N6O2S2/c1-26-4-6-27(7-5-26)21-23-13-3-9-30-17(13)16(24-21)15-14(18(28)25-19(15)29)12-10-22-20-11(12)2-8-31-20/h2-3,8-10,19,22,29H,4-7H2,1H3,(H,25,28). The number of anilines is 1. The number of hydrogen-bond acceptors (Lipinski definition) is 8. The van der Waals surface area contributed by atoms with Gasteiger partial charge in [-0.15, -0.1) is 22.7 Å². The number of fused-ring (bicyclic) bond motifs is 2. The number of thiophene rings is 2. The molecule has 0 saturated carbocycles. The van der Waals surface area contributed by atoms with Crippen LogP contribution in [0.2, 0.25) is 0 Å². The smallest absolute Gasteiger partial charge is 0.254 e. The Morgan fingerprint density at radius 2 is 1.94 bits per heavy atom. The van der Waals surface area contributed by atoms with Gasteiger partial charge in [-0.05, 0) is 29.9 Å². The van der Waals surface area contributed by atoms with Gasteiger partial charge < -0.3 is 25.2 Å². The third-order valence-corrected chi connectivity index (χ3v) is 7.70. The highest BCUT2D eigenvalue weighted by Gasteiger charge is 2.36. The maximum Gasteiger partial charge on any atom is 0.254 e. The molecule has 1 saturated heterocycles. The number of aromatic amines is 1. The summed E-state index contributed by atoms with van der Waals surface area (Å²) in [4.78, 5) is 31.3. The summed E-state index contributed by atoms with van der Waals surface area (Å²) in [7, 11) is 2.11. The van der Waals surface area contributed by atoms with Crippen LogP contribution in [0.3, 0.4) is 0 Å². The van der Waals surface area contributed by atoms with Crippen LogP contribution in [-0.4, -0.2) is 70.3 Å². The summed E-state index contributed by atoms with van der Waals surface area (Å²) in [5.41, 5.74) is 3.22. The molecule has 31 heavy (non-hydrogen) atoms. The van der Waals surface area contributed by atoms with Crippen LogP contribution in [0.4, 0.5) is 5.95 Å². The van der Waals surface area contributed by atoms with Crippen molar-refractivity contribution in [2.75, 3.05) is 38.1 Å². The summed E-state index contributed by atoms with van der Waals surface area (Å²) in [5, 5.41) is 18.5. The number of carbonyl (C=O) groups excluding carboxylic acids is 1. The number of piperazine rings is 1. The van der Waals surface area contributed by atoms with E-state index < -0.39 is 6.23 Å². The maximum atomic E-state index is 12.9. The van der Waals surface area contributed by atoms with Gasteiger partial charge in [0.05, 0.1) is 21.5 Å². The molecule has 4 aromatic rings.